The molecule has 1 aliphatic heterocycles. The molecule has 1 aromatic heterocycles. The summed E-state index contributed by atoms with van der Waals surface area (Å²) in [5, 5.41) is -1.44. The van der Waals surface area contributed by atoms with Gasteiger partial charge in [-0.3, -0.25) is 19.5 Å². The zero-order valence-corrected chi connectivity index (χ0v) is 12.6. The largest absolute Gasteiger partial charge is 0.307 e. The molecule has 1 saturated heterocycles. The van der Waals surface area contributed by atoms with Gasteiger partial charge >= 0.3 is 10.2 Å². The molecule has 0 saturated carbocycles. The third-order valence-electron chi connectivity index (χ3n) is 3.54. The van der Waals surface area contributed by atoms with Crippen LogP contribution in [-0.4, -0.2) is 36.1 Å². The van der Waals surface area contributed by atoms with Gasteiger partial charge in [0.1, 0.15) is 5.25 Å². The number of carbonyl (C=O) groups is 1. The van der Waals surface area contributed by atoms with Gasteiger partial charge in [-0.1, -0.05) is 30.3 Å². The predicted octanol–water partition coefficient (Wildman–Crippen LogP) is 0.841. The number of benzene rings is 1. The van der Waals surface area contributed by atoms with Crippen LogP contribution in [-0.2, 0) is 15.0 Å². The van der Waals surface area contributed by atoms with E-state index in [9.17, 15) is 21.9 Å². The fourth-order valence-corrected chi connectivity index (χ4v) is 3.07. The van der Waals surface area contributed by atoms with Crippen molar-refractivity contribution in [3.63, 3.8) is 0 Å². The first-order chi connectivity index (χ1) is 10.8. The van der Waals surface area contributed by atoms with Gasteiger partial charge in [0.2, 0.25) is 11.9 Å². The molecule has 0 bridgehead atoms. The molecule has 120 valence electrons. The van der Waals surface area contributed by atoms with Crippen molar-refractivity contribution in [1.82, 2.24) is 9.97 Å². The summed E-state index contributed by atoms with van der Waals surface area (Å²) in [5.41, 5.74) is 0.512. The summed E-state index contributed by atoms with van der Waals surface area (Å²) >= 11 is 0. The number of nitrogens with zero attached hydrogens (tertiary/aromatic N) is 2. The average molecular weight is 337 g/mol. The molecule has 1 amide bonds. The normalized spacial score (nSPS) is 18.4. The molecule has 1 atom stereocenters. The lowest BCUT2D eigenvalue weighted by molar-refractivity contribution is -0.117. The van der Waals surface area contributed by atoms with Crippen molar-refractivity contribution in [2.45, 2.75) is 11.7 Å². The van der Waals surface area contributed by atoms with Crippen LogP contribution in [0.5, 0.6) is 0 Å². The number of aromatic amines is 1. The quantitative estimate of drug-likeness (QED) is 0.837. The molecule has 1 unspecified atom stereocenters. The molecular formula is C14H12FN3O4S. The van der Waals surface area contributed by atoms with E-state index in [0.717, 1.165) is 4.90 Å². The van der Waals surface area contributed by atoms with Crippen LogP contribution in [0.15, 0.2) is 41.2 Å². The summed E-state index contributed by atoms with van der Waals surface area (Å²) in [6, 6.07) is 10.1. The Bertz CT molecular complexity index is 911. The molecule has 0 spiro atoms. The van der Waals surface area contributed by atoms with E-state index in [1.54, 1.807) is 30.3 Å². The van der Waals surface area contributed by atoms with Crippen LogP contribution in [0.25, 0.3) is 11.3 Å². The molecule has 3 rings (SSSR count). The highest BCUT2D eigenvalue weighted by Crippen LogP contribution is 2.24. The second-order valence-corrected chi connectivity index (χ2v) is 6.74. The molecule has 1 fully saturated rings. The molecule has 23 heavy (non-hydrogen) atoms. The lowest BCUT2D eigenvalue weighted by Crippen LogP contribution is -2.30. The molecule has 1 aliphatic rings. The lowest BCUT2D eigenvalue weighted by Gasteiger charge is -2.15. The number of aromatic nitrogens is 2. The Morgan fingerprint density at radius 2 is 1.91 bits per heavy atom. The highest BCUT2D eigenvalue weighted by molar-refractivity contribution is 7.87. The zero-order chi connectivity index (χ0) is 16.6. The van der Waals surface area contributed by atoms with Gasteiger partial charge in [0, 0.05) is 24.6 Å². The van der Waals surface area contributed by atoms with Crippen LogP contribution in [0.4, 0.5) is 9.83 Å². The Morgan fingerprint density at radius 1 is 1.22 bits per heavy atom. The third kappa shape index (κ3) is 3.14. The minimum Gasteiger partial charge on any atom is -0.292 e. The van der Waals surface area contributed by atoms with Crippen molar-refractivity contribution in [3.8, 4) is 11.3 Å². The van der Waals surface area contributed by atoms with Gasteiger partial charge in [-0.25, -0.2) is 4.98 Å². The van der Waals surface area contributed by atoms with Crippen molar-refractivity contribution < 1.29 is 17.1 Å². The summed E-state index contributed by atoms with van der Waals surface area (Å²) in [5.74, 6) is -0.697. The second-order valence-electron chi connectivity index (χ2n) is 5.13. The summed E-state index contributed by atoms with van der Waals surface area (Å²) in [6.07, 6.45) is -0.474. The maximum atomic E-state index is 13.1. The van der Waals surface area contributed by atoms with Gasteiger partial charge in [0.05, 0.1) is 5.69 Å². The van der Waals surface area contributed by atoms with E-state index in [4.69, 9.17) is 0 Å². The molecule has 2 heterocycles. The monoisotopic (exact) mass is 337 g/mol. The van der Waals surface area contributed by atoms with E-state index in [-0.39, 0.29) is 12.5 Å². The van der Waals surface area contributed by atoms with Crippen LogP contribution in [0, 0.1) is 0 Å². The number of carbonyl (C=O) groups excluding carboxylic acids is 1. The molecule has 7 nitrogen and oxygen atoms in total. The SMILES string of the molecule is O=C1CC(S(=O)(=O)F)CN1c1nc(-c2ccccc2)cc(=O)[nH]1. The van der Waals surface area contributed by atoms with Gasteiger partial charge in [0.25, 0.3) is 5.56 Å². The molecule has 9 heteroatoms. The number of nitrogens with one attached hydrogen (secondary N) is 1. The zero-order valence-electron chi connectivity index (χ0n) is 11.8. The molecule has 1 aromatic carbocycles. The number of H-pyrrole nitrogens is 1. The highest BCUT2D eigenvalue weighted by Gasteiger charge is 2.40. The Labute approximate surface area is 131 Å². The minimum atomic E-state index is -4.83. The molecule has 0 aliphatic carbocycles. The van der Waals surface area contributed by atoms with E-state index in [2.05, 4.69) is 9.97 Å². The predicted molar refractivity (Wildman–Crippen MR) is 81.1 cm³/mol. The van der Waals surface area contributed by atoms with Crippen molar-refractivity contribution in [1.29, 1.82) is 0 Å². The standard InChI is InChI=1S/C14H12FN3O4S/c15-23(21,22)10-6-13(20)18(8-10)14-16-11(7-12(19)17-14)9-4-2-1-3-5-9/h1-5,7,10H,6,8H2,(H,16,17,19). The van der Waals surface area contributed by atoms with Crippen LogP contribution >= 0.6 is 0 Å². The number of rotatable bonds is 3. The molecule has 0 radical (unpaired) electrons. The minimum absolute atomic E-state index is 0.0903. The van der Waals surface area contributed by atoms with Gasteiger partial charge in [0.15, 0.2) is 0 Å². The smallest absolute Gasteiger partial charge is 0.292 e. The van der Waals surface area contributed by atoms with E-state index >= 15 is 0 Å². The maximum absolute atomic E-state index is 13.1. The Kier molecular flexibility index (Phi) is 3.72. The van der Waals surface area contributed by atoms with Crippen LogP contribution < -0.4 is 10.5 Å². The van der Waals surface area contributed by atoms with Gasteiger partial charge in [-0.15, -0.1) is 3.89 Å². The van der Waals surface area contributed by atoms with Gasteiger partial charge in [-0.2, -0.15) is 8.42 Å². The van der Waals surface area contributed by atoms with Crippen LogP contribution in [0.2, 0.25) is 0 Å². The molecular weight excluding hydrogens is 325 g/mol. The van der Waals surface area contributed by atoms with Crippen molar-refractivity contribution in [2.24, 2.45) is 0 Å². The number of hydrogen-bond acceptors (Lipinski definition) is 5. The van der Waals surface area contributed by atoms with Crippen molar-refractivity contribution >= 4 is 22.1 Å². The molecule has 2 aromatic rings. The fraction of sp³-hybridized carbons (Fsp3) is 0.214. The van der Waals surface area contributed by atoms with E-state index in [0.29, 0.717) is 11.3 Å². The Morgan fingerprint density at radius 3 is 2.52 bits per heavy atom. The molecule has 1 N–H and O–H groups in total. The average Bonchev–Trinajstić information content (AvgIpc) is 2.90. The first-order valence-electron chi connectivity index (χ1n) is 6.75. The maximum Gasteiger partial charge on any atom is 0.307 e. The van der Waals surface area contributed by atoms with E-state index in [1.165, 1.54) is 6.07 Å². The van der Waals surface area contributed by atoms with Gasteiger partial charge in [-0.05, 0) is 0 Å². The summed E-state index contributed by atoms with van der Waals surface area (Å²) in [7, 11) is -4.83. The van der Waals surface area contributed by atoms with Crippen LogP contribution in [0.1, 0.15) is 6.42 Å². The van der Waals surface area contributed by atoms with Crippen molar-refractivity contribution in [2.75, 3.05) is 11.4 Å². The number of halogens is 1. The van der Waals surface area contributed by atoms with Crippen molar-refractivity contribution in [3.05, 3.63) is 46.8 Å². The second kappa shape index (κ2) is 5.58. The summed E-state index contributed by atoms with van der Waals surface area (Å²) in [4.78, 5) is 31.3. The van der Waals surface area contributed by atoms with E-state index in [1.807, 2.05) is 0 Å². The fourth-order valence-electron chi connectivity index (χ4n) is 2.40. The first kappa shape index (κ1) is 15.3. The lowest BCUT2D eigenvalue weighted by atomic mass is 10.1. The van der Waals surface area contributed by atoms with Crippen LogP contribution in [0.3, 0.4) is 0 Å². The van der Waals surface area contributed by atoms with Gasteiger partial charge < -0.3 is 0 Å². The topological polar surface area (TPSA) is 100 Å². The number of anilines is 1. The Hall–Kier alpha value is -2.55. The van der Waals surface area contributed by atoms with E-state index < -0.39 is 33.4 Å². The highest BCUT2D eigenvalue weighted by atomic mass is 32.3. The summed E-state index contributed by atoms with van der Waals surface area (Å²) in [6.45, 7) is -0.376. The number of hydrogen-bond donors (Lipinski definition) is 1. The third-order valence-corrected chi connectivity index (χ3v) is 4.65. The number of amides is 1. The Balaban J connectivity index is 2.00. The summed E-state index contributed by atoms with van der Waals surface area (Å²) < 4.78 is 35.0. The first-order valence-corrected chi connectivity index (χ1v) is 8.20.